The van der Waals surface area contributed by atoms with Crippen LogP contribution in [0.3, 0.4) is 0 Å². The van der Waals surface area contributed by atoms with Crippen LogP contribution in [0.5, 0.6) is 5.75 Å². The van der Waals surface area contributed by atoms with Crippen LogP contribution in [-0.4, -0.2) is 25.0 Å². The van der Waals surface area contributed by atoms with Crippen molar-refractivity contribution >= 4 is 23.4 Å². The first-order valence-electron chi connectivity index (χ1n) is 7.47. The van der Waals surface area contributed by atoms with E-state index in [1.807, 2.05) is 24.3 Å². The van der Waals surface area contributed by atoms with E-state index in [0.29, 0.717) is 17.1 Å². The van der Waals surface area contributed by atoms with Gasteiger partial charge in [-0.3, -0.25) is 9.59 Å². The Labute approximate surface area is 146 Å². The summed E-state index contributed by atoms with van der Waals surface area (Å²) in [5.41, 5.74) is 1.28. The van der Waals surface area contributed by atoms with E-state index < -0.39 is 6.04 Å². The highest BCUT2D eigenvalue weighted by atomic mass is 35.5. The number of hydrogen-bond acceptors (Lipinski definition) is 3. The van der Waals surface area contributed by atoms with Gasteiger partial charge in [-0.15, -0.1) is 0 Å². The lowest BCUT2D eigenvalue weighted by Crippen LogP contribution is -2.44. The van der Waals surface area contributed by atoms with Crippen LogP contribution in [0, 0.1) is 0 Å². The fraction of sp³-hybridized carbons (Fsp3) is 0.222. The molecule has 0 bridgehead atoms. The molecule has 2 amide bonds. The number of rotatable bonds is 6. The Kier molecular flexibility index (Phi) is 6.21. The summed E-state index contributed by atoms with van der Waals surface area (Å²) >= 11 is 5.98. The minimum absolute atomic E-state index is 0.272. The van der Waals surface area contributed by atoms with Gasteiger partial charge in [0.2, 0.25) is 5.91 Å². The molecule has 0 aliphatic rings. The highest BCUT2D eigenvalue weighted by Crippen LogP contribution is 2.14. The van der Waals surface area contributed by atoms with Crippen molar-refractivity contribution in [2.75, 3.05) is 7.11 Å². The van der Waals surface area contributed by atoms with Crippen molar-refractivity contribution < 1.29 is 14.3 Å². The highest BCUT2D eigenvalue weighted by Gasteiger charge is 2.17. The molecule has 0 aromatic heterocycles. The average Bonchev–Trinajstić information content (AvgIpc) is 2.60. The lowest BCUT2D eigenvalue weighted by Gasteiger charge is -2.15. The molecule has 0 fully saturated rings. The van der Waals surface area contributed by atoms with Gasteiger partial charge in [0.25, 0.3) is 5.91 Å². The van der Waals surface area contributed by atoms with Gasteiger partial charge in [-0.2, -0.15) is 0 Å². The van der Waals surface area contributed by atoms with Crippen molar-refractivity contribution in [2.24, 2.45) is 0 Å². The Balaban J connectivity index is 1.87. The molecule has 1 unspecified atom stereocenters. The summed E-state index contributed by atoms with van der Waals surface area (Å²) in [5.74, 6) is 0.101. The largest absolute Gasteiger partial charge is 0.497 e. The van der Waals surface area contributed by atoms with Crippen LogP contribution in [0.1, 0.15) is 22.8 Å². The van der Waals surface area contributed by atoms with E-state index in [9.17, 15) is 9.59 Å². The predicted octanol–water partition coefficient (Wildman–Crippen LogP) is 2.78. The number of hydrogen-bond donors (Lipinski definition) is 2. The average molecular weight is 347 g/mol. The van der Waals surface area contributed by atoms with Crippen molar-refractivity contribution in [3.63, 3.8) is 0 Å². The van der Waals surface area contributed by atoms with E-state index in [1.165, 1.54) is 0 Å². The fourth-order valence-corrected chi connectivity index (χ4v) is 2.29. The van der Waals surface area contributed by atoms with E-state index in [4.69, 9.17) is 16.3 Å². The Bertz CT molecular complexity index is 716. The van der Waals surface area contributed by atoms with Gasteiger partial charge in [-0.05, 0) is 36.8 Å². The van der Waals surface area contributed by atoms with Crippen molar-refractivity contribution in [3.05, 3.63) is 64.7 Å². The van der Waals surface area contributed by atoms with Crippen LogP contribution in [0.15, 0.2) is 48.5 Å². The normalized spacial score (nSPS) is 11.5. The Hall–Kier alpha value is -2.53. The van der Waals surface area contributed by atoms with Crippen molar-refractivity contribution in [2.45, 2.75) is 19.5 Å². The SMILES string of the molecule is COc1ccc(CNC(=O)C(C)NC(=O)c2ccccc2Cl)cc1. The first kappa shape index (κ1) is 17.8. The molecule has 2 aromatic carbocycles. The molecule has 0 saturated carbocycles. The molecule has 6 heteroatoms. The molecule has 2 aromatic rings. The monoisotopic (exact) mass is 346 g/mol. The second kappa shape index (κ2) is 8.36. The van der Waals surface area contributed by atoms with Crippen LogP contribution in [0.25, 0.3) is 0 Å². The molecule has 2 N–H and O–H groups in total. The quantitative estimate of drug-likeness (QED) is 0.845. The van der Waals surface area contributed by atoms with Gasteiger partial charge in [0.15, 0.2) is 0 Å². The standard InChI is InChI=1S/C18H19ClN2O3/c1-12(21-18(23)15-5-3-4-6-16(15)19)17(22)20-11-13-7-9-14(24-2)10-8-13/h3-10,12H,11H2,1-2H3,(H,20,22)(H,21,23). The molecule has 0 spiro atoms. The molecule has 1 atom stereocenters. The summed E-state index contributed by atoms with van der Waals surface area (Å²) in [6.07, 6.45) is 0. The number of methoxy groups -OCH3 is 1. The van der Waals surface area contributed by atoms with E-state index in [0.717, 1.165) is 11.3 Å². The number of benzene rings is 2. The first-order chi connectivity index (χ1) is 11.5. The predicted molar refractivity (Wildman–Crippen MR) is 93.2 cm³/mol. The molecular formula is C18H19ClN2O3. The Morgan fingerprint density at radius 2 is 1.79 bits per heavy atom. The van der Waals surface area contributed by atoms with E-state index >= 15 is 0 Å². The summed E-state index contributed by atoms with van der Waals surface area (Å²) in [5, 5.41) is 5.76. The van der Waals surface area contributed by atoms with E-state index in [1.54, 1.807) is 38.3 Å². The molecule has 5 nitrogen and oxygen atoms in total. The Morgan fingerprint density at radius 1 is 1.12 bits per heavy atom. The number of nitrogens with one attached hydrogen (secondary N) is 2. The number of ether oxygens (including phenoxy) is 1. The molecule has 126 valence electrons. The van der Waals surface area contributed by atoms with E-state index in [-0.39, 0.29) is 11.8 Å². The fourth-order valence-electron chi connectivity index (χ4n) is 2.07. The van der Waals surface area contributed by atoms with Gasteiger partial charge in [-0.25, -0.2) is 0 Å². The molecule has 0 heterocycles. The van der Waals surface area contributed by atoms with Gasteiger partial charge in [0.05, 0.1) is 17.7 Å². The number of halogens is 1. The number of amides is 2. The van der Waals surface area contributed by atoms with Crippen LogP contribution < -0.4 is 15.4 Å². The topological polar surface area (TPSA) is 67.4 Å². The smallest absolute Gasteiger partial charge is 0.253 e. The van der Waals surface area contributed by atoms with Gasteiger partial charge >= 0.3 is 0 Å². The van der Waals surface area contributed by atoms with Crippen molar-refractivity contribution in [1.29, 1.82) is 0 Å². The summed E-state index contributed by atoms with van der Waals surface area (Å²) in [6.45, 7) is 1.99. The Morgan fingerprint density at radius 3 is 2.42 bits per heavy atom. The molecule has 24 heavy (non-hydrogen) atoms. The number of carbonyl (C=O) groups is 2. The second-order valence-electron chi connectivity index (χ2n) is 5.24. The summed E-state index contributed by atoms with van der Waals surface area (Å²) in [6, 6.07) is 13.4. The minimum atomic E-state index is -0.674. The zero-order valence-electron chi connectivity index (χ0n) is 13.5. The molecule has 0 radical (unpaired) electrons. The van der Waals surface area contributed by atoms with Gasteiger partial charge < -0.3 is 15.4 Å². The van der Waals surface area contributed by atoms with Crippen molar-refractivity contribution in [3.8, 4) is 5.75 Å². The third-order valence-electron chi connectivity index (χ3n) is 3.49. The summed E-state index contributed by atoms with van der Waals surface area (Å²) in [4.78, 5) is 24.2. The van der Waals surface area contributed by atoms with Gasteiger partial charge in [-0.1, -0.05) is 35.9 Å². The van der Waals surface area contributed by atoms with Gasteiger partial charge in [0, 0.05) is 6.54 Å². The maximum Gasteiger partial charge on any atom is 0.253 e. The van der Waals surface area contributed by atoms with Crippen LogP contribution in [-0.2, 0) is 11.3 Å². The van der Waals surface area contributed by atoms with E-state index in [2.05, 4.69) is 10.6 Å². The molecule has 0 aliphatic heterocycles. The van der Waals surface area contributed by atoms with Crippen LogP contribution in [0.4, 0.5) is 0 Å². The van der Waals surface area contributed by atoms with Crippen LogP contribution >= 0.6 is 11.6 Å². The van der Waals surface area contributed by atoms with Crippen molar-refractivity contribution in [1.82, 2.24) is 10.6 Å². The first-order valence-corrected chi connectivity index (χ1v) is 7.85. The minimum Gasteiger partial charge on any atom is -0.497 e. The number of carbonyl (C=O) groups excluding carboxylic acids is 2. The van der Waals surface area contributed by atoms with Crippen LogP contribution in [0.2, 0.25) is 5.02 Å². The third-order valence-corrected chi connectivity index (χ3v) is 3.81. The zero-order valence-corrected chi connectivity index (χ0v) is 14.3. The maximum absolute atomic E-state index is 12.1. The summed E-state index contributed by atoms with van der Waals surface area (Å²) < 4.78 is 5.08. The zero-order chi connectivity index (χ0) is 17.5. The summed E-state index contributed by atoms with van der Waals surface area (Å²) in [7, 11) is 1.60. The molecule has 0 aliphatic carbocycles. The second-order valence-corrected chi connectivity index (χ2v) is 5.65. The lowest BCUT2D eigenvalue weighted by molar-refractivity contribution is -0.122. The van der Waals surface area contributed by atoms with Gasteiger partial charge in [0.1, 0.15) is 11.8 Å². The molecule has 2 rings (SSSR count). The molecular weight excluding hydrogens is 328 g/mol. The maximum atomic E-state index is 12.1. The molecule has 0 saturated heterocycles. The lowest BCUT2D eigenvalue weighted by atomic mass is 10.2. The highest BCUT2D eigenvalue weighted by molar-refractivity contribution is 6.33. The third kappa shape index (κ3) is 4.73.